The molecule has 0 atom stereocenters. The van der Waals surface area contributed by atoms with Gasteiger partial charge in [0, 0.05) is 6.07 Å². The first-order valence-corrected chi connectivity index (χ1v) is 4.22. The lowest BCUT2D eigenvalue weighted by Crippen LogP contribution is -2.05. The first kappa shape index (κ1) is 9.99. The molecule has 3 heteroatoms. The van der Waals surface area contributed by atoms with E-state index in [4.69, 9.17) is 10.5 Å². The molecule has 0 aromatic heterocycles. The number of ether oxygens (including phenoxy) is 1. The van der Waals surface area contributed by atoms with E-state index >= 15 is 0 Å². The van der Waals surface area contributed by atoms with Crippen LogP contribution in [0.1, 0.15) is 11.1 Å². The minimum absolute atomic E-state index is 0.238. The Hall–Kier alpha value is -1.09. The van der Waals surface area contributed by atoms with Gasteiger partial charge in [-0.15, -0.1) is 0 Å². The Kier molecular flexibility index (Phi) is 3.25. The lowest BCUT2D eigenvalue weighted by Gasteiger charge is -2.08. The smallest absolute Gasteiger partial charge is 0.129 e. The SMILES string of the molecule is COc1cc(F)c(C)cc1CCN. The van der Waals surface area contributed by atoms with Crippen LogP contribution in [0.4, 0.5) is 4.39 Å². The van der Waals surface area contributed by atoms with Gasteiger partial charge in [0.1, 0.15) is 11.6 Å². The number of hydrogen-bond acceptors (Lipinski definition) is 2. The molecule has 2 nitrogen and oxygen atoms in total. The molecule has 0 bridgehead atoms. The van der Waals surface area contributed by atoms with Crippen LogP contribution in [-0.2, 0) is 6.42 Å². The van der Waals surface area contributed by atoms with Gasteiger partial charge in [-0.3, -0.25) is 0 Å². The van der Waals surface area contributed by atoms with Crippen molar-refractivity contribution < 1.29 is 9.13 Å². The molecular formula is C10H14FNO. The normalized spacial score (nSPS) is 10.2. The lowest BCUT2D eigenvalue weighted by molar-refractivity contribution is 0.405. The van der Waals surface area contributed by atoms with Gasteiger partial charge in [0.05, 0.1) is 7.11 Å². The van der Waals surface area contributed by atoms with E-state index < -0.39 is 0 Å². The molecule has 0 aliphatic rings. The molecule has 0 aliphatic heterocycles. The maximum atomic E-state index is 13.1. The zero-order chi connectivity index (χ0) is 9.84. The standard InChI is InChI=1S/C10H14FNO/c1-7-5-8(3-4-12)10(13-2)6-9(7)11/h5-6H,3-4,12H2,1-2H3. The van der Waals surface area contributed by atoms with Gasteiger partial charge in [-0.1, -0.05) is 0 Å². The first-order chi connectivity index (χ1) is 6.19. The fourth-order valence-electron chi connectivity index (χ4n) is 1.26. The summed E-state index contributed by atoms with van der Waals surface area (Å²) in [5, 5.41) is 0. The molecule has 1 aromatic rings. The molecule has 0 saturated carbocycles. The summed E-state index contributed by atoms with van der Waals surface area (Å²) in [4.78, 5) is 0. The Morgan fingerprint density at radius 3 is 2.69 bits per heavy atom. The Balaban J connectivity index is 3.09. The van der Waals surface area contributed by atoms with Gasteiger partial charge in [0.25, 0.3) is 0 Å². The van der Waals surface area contributed by atoms with Crippen molar-refractivity contribution >= 4 is 0 Å². The zero-order valence-electron chi connectivity index (χ0n) is 7.93. The molecule has 0 saturated heterocycles. The number of hydrogen-bond donors (Lipinski definition) is 1. The highest BCUT2D eigenvalue weighted by Crippen LogP contribution is 2.22. The summed E-state index contributed by atoms with van der Waals surface area (Å²) >= 11 is 0. The van der Waals surface area contributed by atoms with Crippen molar-refractivity contribution in [2.24, 2.45) is 5.73 Å². The summed E-state index contributed by atoms with van der Waals surface area (Å²) in [5.74, 6) is 0.339. The van der Waals surface area contributed by atoms with Crippen LogP contribution in [0.5, 0.6) is 5.75 Å². The molecule has 0 fully saturated rings. The van der Waals surface area contributed by atoms with Gasteiger partial charge in [-0.25, -0.2) is 4.39 Å². The fraction of sp³-hybridized carbons (Fsp3) is 0.400. The third-order valence-corrected chi connectivity index (χ3v) is 1.98. The Bertz CT molecular complexity index is 299. The molecular weight excluding hydrogens is 169 g/mol. The van der Waals surface area contributed by atoms with E-state index in [0.717, 1.165) is 5.56 Å². The average Bonchev–Trinajstić information content (AvgIpc) is 2.11. The van der Waals surface area contributed by atoms with E-state index in [1.807, 2.05) is 0 Å². The largest absolute Gasteiger partial charge is 0.496 e. The van der Waals surface area contributed by atoms with Gasteiger partial charge in [-0.05, 0) is 37.1 Å². The molecule has 0 heterocycles. The monoisotopic (exact) mass is 183 g/mol. The molecule has 0 aliphatic carbocycles. The van der Waals surface area contributed by atoms with Crippen LogP contribution in [0.2, 0.25) is 0 Å². The van der Waals surface area contributed by atoms with E-state index in [0.29, 0.717) is 24.3 Å². The highest BCUT2D eigenvalue weighted by Gasteiger charge is 2.06. The minimum Gasteiger partial charge on any atom is -0.496 e. The van der Waals surface area contributed by atoms with Gasteiger partial charge in [0.2, 0.25) is 0 Å². The van der Waals surface area contributed by atoms with Crippen molar-refractivity contribution in [1.82, 2.24) is 0 Å². The minimum atomic E-state index is -0.238. The quantitative estimate of drug-likeness (QED) is 0.773. The molecule has 1 aromatic carbocycles. The second kappa shape index (κ2) is 4.23. The van der Waals surface area contributed by atoms with Crippen molar-refractivity contribution in [1.29, 1.82) is 0 Å². The van der Waals surface area contributed by atoms with Crippen LogP contribution in [0.15, 0.2) is 12.1 Å². The molecule has 0 amide bonds. The summed E-state index contributed by atoms with van der Waals surface area (Å²) in [6, 6.07) is 3.18. The summed E-state index contributed by atoms with van der Waals surface area (Å²) in [5.41, 5.74) is 7.01. The maximum absolute atomic E-state index is 13.1. The van der Waals surface area contributed by atoms with Crippen molar-refractivity contribution in [3.8, 4) is 5.75 Å². The van der Waals surface area contributed by atoms with Crippen LogP contribution < -0.4 is 10.5 Å². The Morgan fingerprint density at radius 1 is 1.46 bits per heavy atom. The van der Waals surface area contributed by atoms with Crippen LogP contribution in [0.3, 0.4) is 0 Å². The Labute approximate surface area is 77.5 Å². The molecule has 72 valence electrons. The molecule has 0 spiro atoms. The topological polar surface area (TPSA) is 35.2 Å². The van der Waals surface area contributed by atoms with Crippen LogP contribution in [0, 0.1) is 12.7 Å². The predicted octanol–water partition coefficient (Wildman–Crippen LogP) is 1.64. The molecule has 0 unspecified atom stereocenters. The van der Waals surface area contributed by atoms with E-state index in [9.17, 15) is 4.39 Å². The summed E-state index contributed by atoms with van der Waals surface area (Å²) in [6.07, 6.45) is 0.713. The van der Waals surface area contributed by atoms with Gasteiger partial charge >= 0.3 is 0 Å². The second-order valence-corrected chi connectivity index (χ2v) is 2.95. The van der Waals surface area contributed by atoms with Crippen molar-refractivity contribution in [2.45, 2.75) is 13.3 Å². The zero-order valence-corrected chi connectivity index (χ0v) is 7.93. The molecule has 0 radical (unpaired) electrons. The number of nitrogens with two attached hydrogens (primary N) is 1. The third kappa shape index (κ3) is 2.18. The molecule has 2 N–H and O–H groups in total. The second-order valence-electron chi connectivity index (χ2n) is 2.95. The number of aryl methyl sites for hydroxylation is 1. The van der Waals surface area contributed by atoms with Crippen LogP contribution >= 0.6 is 0 Å². The highest BCUT2D eigenvalue weighted by molar-refractivity contribution is 5.38. The average molecular weight is 183 g/mol. The van der Waals surface area contributed by atoms with E-state index in [2.05, 4.69) is 0 Å². The van der Waals surface area contributed by atoms with Crippen LogP contribution in [-0.4, -0.2) is 13.7 Å². The first-order valence-electron chi connectivity index (χ1n) is 4.22. The van der Waals surface area contributed by atoms with E-state index in [1.54, 1.807) is 13.0 Å². The summed E-state index contributed by atoms with van der Waals surface area (Å²) in [6.45, 7) is 2.27. The predicted molar refractivity (Wildman–Crippen MR) is 50.4 cm³/mol. The third-order valence-electron chi connectivity index (χ3n) is 1.98. The lowest BCUT2D eigenvalue weighted by atomic mass is 10.1. The molecule has 13 heavy (non-hydrogen) atoms. The Morgan fingerprint density at radius 2 is 2.15 bits per heavy atom. The number of benzene rings is 1. The number of halogens is 1. The van der Waals surface area contributed by atoms with Crippen molar-refractivity contribution in [3.63, 3.8) is 0 Å². The van der Waals surface area contributed by atoms with E-state index in [-0.39, 0.29) is 5.82 Å². The van der Waals surface area contributed by atoms with E-state index in [1.165, 1.54) is 13.2 Å². The number of methoxy groups -OCH3 is 1. The maximum Gasteiger partial charge on any atom is 0.129 e. The van der Waals surface area contributed by atoms with Crippen molar-refractivity contribution in [3.05, 3.63) is 29.1 Å². The van der Waals surface area contributed by atoms with Gasteiger partial charge in [-0.2, -0.15) is 0 Å². The highest BCUT2D eigenvalue weighted by atomic mass is 19.1. The van der Waals surface area contributed by atoms with Gasteiger partial charge < -0.3 is 10.5 Å². The van der Waals surface area contributed by atoms with Crippen LogP contribution in [0.25, 0.3) is 0 Å². The number of rotatable bonds is 3. The fourth-order valence-corrected chi connectivity index (χ4v) is 1.26. The summed E-state index contributed by atoms with van der Waals surface area (Å²) in [7, 11) is 1.53. The van der Waals surface area contributed by atoms with Gasteiger partial charge in [0.15, 0.2) is 0 Å². The summed E-state index contributed by atoms with van der Waals surface area (Å²) < 4.78 is 18.1. The molecule has 1 rings (SSSR count). The van der Waals surface area contributed by atoms with Crippen molar-refractivity contribution in [2.75, 3.05) is 13.7 Å².